The van der Waals surface area contributed by atoms with Crippen LogP contribution in [0, 0.1) is 0 Å². The second-order valence-corrected chi connectivity index (χ2v) is 10.8. The quantitative estimate of drug-likeness (QED) is 0.440. The molecule has 0 spiro atoms. The topological polar surface area (TPSA) is 97.2 Å². The van der Waals surface area contributed by atoms with Crippen LogP contribution in [0.4, 0.5) is 5.69 Å². The van der Waals surface area contributed by atoms with Crippen LogP contribution in [0.3, 0.4) is 0 Å². The largest absolute Gasteiger partial charge is 0.325 e. The lowest BCUT2D eigenvalue weighted by molar-refractivity contribution is -0.116. The van der Waals surface area contributed by atoms with Gasteiger partial charge in [0.05, 0.1) is 11.4 Å². The normalized spacial score (nSPS) is 14.0. The monoisotopic (exact) mass is 489 g/mol. The molecule has 1 aliphatic rings. The van der Waals surface area contributed by atoms with Crippen LogP contribution in [0.2, 0.25) is 0 Å². The minimum absolute atomic E-state index is 0.156. The lowest BCUT2D eigenvalue weighted by atomic mass is 10.1. The number of hydrogen-bond acceptors (Lipinski definition) is 5. The number of nitrogens with zero attached hydrogens (tertiary/aromatic N) is 4. The maximum Gasteiger partial charge on any atom is 0.243 e. The van der Waals surface area contributed by atoms with E-state index in [0.717, 1.165) is 58.1 Å². The van der Waals surface area contributed by atoms with Crippen molar-refractivity contribution >= 4 is 32.4 Å². The predicted octanol–water partition coefficient (Wildman–Crippen LogP) is 4.08. The number of amides is 1. The summed E-state index contributed by atoms with van der Waals surface area (Å²) in [7, 11) is -2.40. The molecular formula is C26H27N5O3S. The first-order chi connectivity index (χ1) is 16.9. The molecule has 180 valence electrons. The molecule has 4 aromatic rings. The van der Waals surface area contributed by atoms with Crippen molar-refractivity contribution in [3.05, 3.63) is 72.6 Å². The van der Waals surface area contributed by atoms with E-state index in [1.807, 2.05) is 36.4 Å². The van der Waals surface area contributed by atoms with E-state index in [2.05, 4.69) is 20.1 Å². The van der Waals surface area contributed by atoms with E-state index in [1.165, 1.54) is 13.5 Å². The van der Waals surface area contributed by atoms with Crippen LogP contribution in [0.5, 0.6) is 0 Å². The average molecular weight is 490 g/mol. The third-order valence-corrected chi connectivity index (χ3v) is 8.13. The zero-order chi connectivity index (χ0) is 24.4. The van der Waals surface area contributed by atoms with Crippen molar-refractivity contribution in [2.45, 2.75) is 37.1 Å². The minimum atomic E-state index is -3.81. The Morgan fingerprint density at radius 2 is 1.74 bits per heavy atom. The molecule has 1 N–H and O–H groups in total. The van der Waals surface area contributed by atoms with Gasteiger partial charge in [-0.1, -0.05) is 36.8 Å². The molecular weight excluding hydrogens is 462 g/mol. The molecule has 0 aliphatic carbocycles. The van der Waals surface area contributed by atoms with Crippen molar-refractivity contribution in [3.63, 3.8) is 0 Å². The average Bonchev–Trinajstić information content (AvgIpc) is 3.11. The fraction of sp³-hybridized carbons (Fsp3) is 0.269. The Labute approximate surface area is 204 Å². The summed E-state index contributed by atoms with van der Waals surface area (Å²) in [6.07, 6.45) is 4.38. The zero-order valence-corrected chi connectivity index (χ0v) is 20.3. The molecule has 0 saturated carbocycles. The number of likely N-dealkylation sites (N-methyl/N-ethyl adjacent to an activating group) is 1. The van der Waals surface area contributed by atoms with Crippen molar-refractivity contribution in [2.24, 2.45) is 0 Å². The van der Waals surface area contributed by atoms with Crippen molar-refractivity contribution in [3.8, 4) is 11.4 Å². The van der Waals surface area contributed by atoms with Crippen molar-refractivity contribution < 1.29 is 13.2 Å². The molecule has 35 heavy (non-hydrogen) atoms. The number of aromatic nitrogens is 3. The molecule has 1 amide bonds. The van der Waals surface area contributed by atoms with Gasteiger partial charge in [0.1, 0.15) is 5.82 Å². The van der Waals surface area contributed by atoms with Gasteiger partial charge in [-0.25, -0.2) is 8.42 Å². The van der Waals surface area contributed by atoms with Gasteiger partial charge in [-0.2, -0.15) is 4.31 Å². The number of carbonyl (C=O) groups is 1. The second kappa shape index (κ2) is 9.59. The third-order valence-electron chi connectivity index (χ3n) is 6.33. The lowest BCUT2D eigenvalue weighted by Gasteiger charge is -2.17. The number of sulfonamides is 1. The molecule has 0 fully saturated rings. The van der Waals surface area contributed by atoms with Crippen molar-refractivity contribution in [2.75, 3.05) is 18.9 Å². The van der Waals surface area contributed by atoms with E-state index in [4.69, 9.17) is 0 Å². The Morgan fingerprint density at radius 1 is 0.971 bits per heavy atom. The summed E-state index contributed by atoms with van der Waals surface area (Å²) in [6.45, 7) is 0.614. The van der Waals surface area contributed by atoms with Crippen molar-refractivity contribution in [1.82, 2.24) is 19.1 Å². The number of benzene rings is 3. The standard InChI is InChI=1S/C26H27N5O3S/c1-30(35(33,34)23-15-12-19-7-4-5-8-21(19)17-23)18-25(32)27-22-13-10-20(11-14-22)26-29-28-24-9-3-2-6-16-31(24)26/h4-5,7-8,10-15,17H,2-3,6,9,16,18H2,1H3,(H,27,32). The fourth-order valence-corrected chi connectivity index (χ4v) is 5.56. The minimum Gasteiger partial charge on any atom is -0.325 e. The number of anilines is 1. The summed E-state index contributed by atoms with van der Waals surface area (Å²) in [5.41, 5.74) is 1.52. The van der Waals surface area contributed by atoms with Crippen LogP contribution >= 0.6 is 0 Å². The summed E-state index contributed by atoms with van der Waals surface area (Å²) < 4.78 is 29.3. The van der Waals surface area contributed by atoms with Crippen LogP contribution < -0.4 is 5.32 Å². The first-order valence-corrected chi connectivity index (χ1v) is 13.1. The highest BCUT2D eigenvalue weighted by Gasteiger charge is 2.23. The first-order valence-electron chi connectivity index (χ1n) is 11.7. The summed E-state index contributed by atoms with van der Waals surface area (Å²) in [6, 6.07) is 19.9. The van der Waals surface area contributed by atoms with E-state index in [-0.39, 0.29) is 11.4 Å². The molecule has 1 aliphatic heterocycles. The van der Waals surface area contributed by atoms with Gasteiger partial charge in [0.25, 0.3) is 0 Å². The van der Waals surface area contributed by atoms with Crippen molar-refractivity contribution in [1.29, 1.82) is 0 Å². The molecule has 2 heterocycles. The van der Waals surface area contributed by atoms with Gasteiger partial charge >= 0.3 is 0 Å². The Hall–Kier alpha value is -3.56. The number of hydrogen-bond donors (Lipinski definition) is 1. The van der Waals surface area contributed by atoms with Gasteiger partial charge in [-0.05, 0) is 60.0 Å². The molecule has 0 unspecified atom stereocenters. The van der Waals surface area contributed by atoms with E-state index in [1.54, 1.807) is 30.3 Å². The Bertz CT molecular complexity index is 1480. The fourth-order valence-electron chi connectivity index (χ4n) is 4.40. The molecule has 5 rings (SSSR count). The third kappa shape index (κ3) is 4.82. The zero-order valence-electron chi connectivity index (χ0n) is 19.5. The highest BCUT2D eigenvalue weighted by atomic mass is 32.2. The highest BCUT2D eigenvalue weighted by Crippen LogP contribution is 2.24. The van der Waals surface area contributed by atoms with Gasteiger partial charge in [0.2, 0.25) is 15.9 Å². The van der Waals surface area contributed by atoms with E-state index < -0.39 is 15.9 Å². The van der Waals surface area contributed by atoms with Gasteiger partial charge in [0.15, 0.2) is 5.82 Å². The summed E-state index contributed by atoms with van der Waals surface area (Å²) >= 11 is 0. The van der Waals surface area contributed by atoms with Gasteiger partial charge in [0, 0.05) is 31.3 Å². The van der Waals surface area contributed by atoms with Crippen LogP contribution in [-0.4, -0.2) is 47.0 Å². The van der Waals surface area contributed by atoms with Crippen LogP contribution in [0.1, 0.15) is 25.1 Å². The summed E-state index contributed by atoms with van der Waals surface area (Å²) in [4.78, 5) is 12.8. The highest BCUT2D eigenvalue weighted by molar-refractivity contribution is 7.89. The van der Waals surface area contributed by atoms with Gasteiger partial charge in [-0.15, -0.1) is 10.2 Å². The second-order valence-electron chi connectivity index (χ2n) is 8.80. The Balaban J connectivity index is 1.25. The predicted molar refractivity (Wildman–Crippen MR) is 135 cm³/mol. The number of aryl methyl sites for hydroxylation is 1. The molecule has 0 radical (unpaired) electrons. The summed E-state index contributed by atoms with van der Waals surface area (Å²) in [5, 5.41) is 13.3. The molecule has 9 heteroatoms. The first kappa shape index (κ1) is 23.2. The molecule has 8 nitrogen and oxygen atoms in total. The Morgan fingerprint density at radius 3 is 2.54 bits per heavy atom. The van der Waals surface area contributed by atoms with Crippen LogP contribution in [-0.2, 0) is 27.8 Å². The maximum atomic E-state index is 13.0. The van der Waals surface area contributed by atoms with Crippen LogP contribution in [0.15, 0.2) is 71.6 Å². The molecule has 1 aromatic heterocycles. The number of carbonyl (C=O) groups excluding carboxylic acids is 1. The number of fused-ring (bicyclic) bond motifs is 2. The van der Waals surface area contributed by atoms with Gasteiger partial charge < -0.3 is 9.88 Å². The lowest BCUT2D eigenvalue weighted by Crippen LogP contribution is -2.34. The molecule has 0 saturated heterocycles. The van der Waals surface area contributed by atoms with E-state index in [0.29, 0.717) is 5.69 Å². The van der Waals surface area contributed by atoms with Gasteiger partial charge in [-0.3, -0.25) is 4.79 Å². The Kier molecular flexibility index (Phi) is 6.36. The number of rotatable bonds is 6. The van der Waals surface area contributed by atoms with E-state index in [9.17, 15) is 13.2 Å². The molecule has 0 atom stereocenters. The van der Waals surface area contributed by atoms with Crippen LogP contribution in [0.25, 0.3) is 22.2 Å². The number of nitrogens with one attached hydrogen (secondary N) is 1. The van der Waals surface area contributed by atoms with E-state index >= 15 is 0 Å². The molecule has 3 aromatic carbocycles. The SMILES string of the molecule is CN(CC(=O)Nc1ccc(-c2nnc3n2CCCCC3)cc1)S(=O)(=O)c1ccc2ccccc2c1. The smallest absolute Gasteiger partial charge is 0.243 e. The maximum absolute atomic E-state index is 13.0. The summed E-state index contributed by atoms with van der Waals surface area (Å²) in [5.74, 6) is 1.44. The molecule has 0 bridgehead atoms.